The third-order valence-corrected chi connectivity index (χ3v) is 5.53. The zero-order valence-corrected chi connectivity index (χ0v) is 13.2. The first kappa shape index (κ1) is 15.5. The first-order valence-electron chi connectivity index (χ1n) is 7.01. The highest BCUT2D eigenvalue weighted by Gasteiger charge is 2.29. The van der Waals surface area contributed by atoms with Crippen molar-refractivity contribution in [1.82, 2.24) is 5.32 Å². The van der Waals surface area contributed by atoms with Gasteiger partial charge in [0.15, 0.2) is 9.84 Å². The van der Waals surface area contributed by atoms with Crippen LogP contribution >= 0.6 is 0 Å². The van der Waals surface area contributed by atoms with Crippen LogP contribution in [0.4, 0.5) is 0 Å². The van der Waals surface area contributed by atoms with Crippen molar-refractivity contribution in [3.05, 3.63) is 40.2 Å². The van der Waals surface area contributed by atoms with Gasteiger partial charge in [0.25, 0.3) is 5.91 Å². The first-order valence-corrected chi connectivity index (χ1v) is 8.83. The van der Waals surface area contributed by atoms with E-state index in [0.29, 0.717) is 17.6 Å². The van der Waals surface area contributed by atoms with Crippen molar-refractivity contribution in [2.24, 2.45) is 0 Å². The number of fused-ring (bicyclic) bond motifs is 1. The topological polar surface area (TPSA) is 103 Å². The van der Waals surface area contributed by atoms with E-state index in [2.05, 4.69) is 5.32 Å². The maximum absolute atomic E-state index is 12.4. The highest BCUT2D eigenvalue weighted by molar-refractivity contribution is 7.91. The number of hydrogen-bond donors (Lipinski definition) is 1. The van der Waals surface area contributed by atoms with Crippen LogP contribution < -0.4 is 15.7 Å². The van der Waals surface area contributed by atoms with E-state index in [1.807, 2.05) is 0 Å². The Hall–Kier alpha value is -2.35. The smallest absolute Gasteiger partial charge is 0.337 e. The lowest BCUT2D eigenvalue weighted by Crippen LogP contribution is -2.36. The van der Waals surface area contributed by atoms with Gasteiger partial charge in [-0.2, -0.15) is 0 Å². The summed E-state index contributed by atoms with van der Waals surface area (Å²) < 4.78 is 33.1. The molecule has 1 unspecified atom stereocenters. The van der Waals surface area contributed by atoms with Crippen LogP contribution in [0.15, 0.2) is 33.5 Å². The Morgan fingerprint density at radius 2 is 2.13 bits per heavy atom. The molecule has 2 heterocycles. The third-order valence-electron chi connectivity index (χ3n) is 3.76. The molecule has 1 aromatic heterocycles. The molecule has 0 radical (unpaired) electrons. The minimum Gasteiger partial charge on any atom is -0.497 e. The Bertz CT molecular complexity index is 931. The fourth-order valence-electron chi connectivity index (χ4n) is 2.63. The molecule has 1 aromatic carbocycles. The summed E-state index contributed by atoms with van der Waals surface area (Å²) in [4.78, 5) is 24.1. The molecule has 1 amide bonds. The van der Waals surface area contributed by atoms with Gasteiger partial charge in [-0.1, -0.05) is 0 Å². The van der Waals surface area contributed by atoms with Gasteiger partial charge in [0, 0.05) is 23.6 Å². The number of carbonyl (C=O) groups is 1. The maximum Gasteiger partial charge on any atom is 0.337 e. The van der Waals surface area contributed by atoms with E-state index in [-0.39, 0.29) is 22.7 Å². The number of rotatable bonds is 3. The molecule has 0 spiro atoms. The summed E-state index contributed by atoms with van der Waals surface area (Å²) in [6.45, 7) is 0. The molecule has 23 heavy (non-hydrogen) atoms. The fourth-order valence-corrected chi connectivity index (χ4v) is 4.30. The van der Waals surface area contributed by atoms with Crippen LogP contribution in [-0.4, -0.2) is 39.0 Å². The van der Waals surface area contributed by atoms with E-state index in [4.69, 9.17) is 9.15 Å². The molecule has 1 fully saturated rings. The second-order valence-electron chi connectivity index (χ2n) is 5.41. The Morgan fingerprint density at radius 1 is 1.35 bits per heavy atom. The molecule has 3 rings (SSSR count). The average Bonchev–Trinajstić information content (AvgIpc) is 2.84. The number of amides is 1. The summed E-state index contributed by atoms with van der Waals surface area (Å²) in [5.41, 5.74) is -0.265. The van der Waals surface area contributed by atoms with Gasteiger partial charge in [0.1, 0.15) is 11.3 Å². The molecule has 1 atom stereocenters. The zero-order chi connectivity index (χ0) is 16.6. The Morgan fingerprint density at radius 3 is 2.78 bits per heavy atom. The van der Waals surface area contributed by atoms with E-state index < -0.39 is 27.4 Å². The molecule has 122 valence electrons. The van der Waals surface area contributed by atoms with E-state index in [1.54, 1.807) is 12.1 Å². The maximum atomic E-state index is 12.4. The van der Waals surface area contributed by atoms with Crippen molar-refractivity contribution in [1.29, 1.82) is 0 Å². The van der Waals surface area contributed by atoms with Gasteiger partial charge in [-0.05, 0) is 18.6 Å². The normalized spacial score (nSPS) is 19.6. The fraction of sp³-hybridized carbons (Fsp3) is 0.333. The van der Waals surface area contributed by atoms with Crippen LogP contribution in [0.1, 0.15) is 16.8 Å². The Balaban J connectivity index is 1.95. The molecule has 7 nitrogen and oxygen atoms in total. The van der Waals surface area contributed by atoms with Crippen molar-refractivity contribution < 1.29 is 22.4 Å². The molecule has 2 aromatic rings. The lowest BCUT2D eigenvalue weighted by atomic mass is 10.1. The van der Waals surface area contributed by atoms with Crippen LogP contribution in [0, 0.1) is 0 Å². The van der Waals surface area contributed by atoms with Gasteiger partial charge >= 0.3 is 5.63 Å². The minimum absolute atomic E-state index is 0.0623. The Labute approximate surface area is 132 Å². The highest BCUT2D eigenvalue weighted by atomic mass is 32.2. The largest absolute Gasteiger partial charge is 0.497 e. The number of sulfone groups is 1. The molecular formula is C15H15NO6S. The van der Waals surface area contributed by atoms with Gasteiger partial charge in [-0.3, -0.25) is 4.79 Å². The lowest BCUT2D eigenvalue weighted by molar-refractivity contribution is 0.0942. The van der Waals surface area contributed by atoms with Gasteiger partial charge in [0.05, 0.1) is 24.2 Å². The molecule has 8 heteroatoms. The number of benzene rings is 1. The summed E-state index contributed by atoms with van der Waals surface area (Å²) in [5, 5.41) is 3.13. The molecule has 0 bridgehead atoms. The summed E-state index contributed by atoms with van der Waals surface area (Å²) in [7, 11) is -1.61. The first-order chi connectivity index (χ1) is 10.9. The zero-order valence-electron chi connectivity index (χ0n) is 12.4. The molecule has 1 aliphatic heterocycles. The van der Waals surface area contributed by atoms with Crippen molar-refractivity contribution in [3.8, 4) is 5.75 Å². The van der Waals surface area contributed by atoms with Crippen molar-refractivity contribution in [2.45, 2.75) is 12.5 Å². The predicted octanol–water partition coefficient (Wildman–Crippen LogP) is 0.718. The van der Waals surface area contributed by atoms with Crippen molar-refractivity contribution in [2.75, 3.05) is 18.6 Å². The minimum atomic E-state index is -3.09. The van der Waals surface area contributed by atoms with Gasteiger partial charge in [-0.25, -0.2) is 13.2 Å². The van der Waals surface area contributed by atoms with E-state index >= 15 is 0 Å². The number of hydrogen-bond acceptors (Lipinski definition) is 6. The summed E-state index contributed by atoms with van der Waals surface area (Å²) in [5.74, 6) is -0.00562. The SMILES string of the molecule is COc1ccc2c(C(=O)NC3CCS(=O)(=O)C3)cc(=O)oc2c1. The van der Waals surface area contributed by atoms with Crippen LogP contribution in [0.2, 0.25) is 0 Å². The summed E-state index contributed by atoms with van der Waals surface area (Å²) in [6, 6.07) is 5.46. The third kappa shape index (κ3) is 3.21. The number of nitrogens with one attached hydrogen (secondary N) is 1. The summed E-state index contributed by atoms with van der Waals surface area (Å²) in [6.07, 6.45) is 0.376. The molecule has 0 saturated carbocycles. The van der Waals surface area contributed by atoms with E-state index in [1.165, 1.54) is 13.2 Å². The molecular weight excluding hydrogens is 322 g/mol. The second kappa shape index (κ2) is 5.69. The molecule has 1 N–H and O–H groups in total. The monoisotopic (exact) mass is 337 g/mol. The van der Waals surface area contributed by atoms with Crippen molar-refractivity contribution >= 4 is 26.7 Å². The van der Waals surface area contributed by atoms with Crippen molar-refractivity contribution in [3.63, 3.8) is 0 Å². The van der Waals surface area contributed by atoms with Crippen LogP contribution in [0.5, 0.6) is 5.75 Å². The highest BCUT2D eigenvalue weighted by Crippen LogP contribution is 2.23. The number of ether oxygens (including phenoxy) is 1. The van der Waals surface area contributed by atoms with Gasteiger partial charge in [-0.15, -0.1) is 0 Å². The van der Waals surface area contributed by atoms with Crippen LogP contribution in [0.3, 0.4) is 0 Å². The molecule has 0 aliphatic carbocycles. The van der Waals surface area contributed by atoms with E-state index in [0.717, 1.165) is 6.07 Å². The van der Waals surface area contributed by atoms with Gasteiger partial charge < -0.3 is 14.5 Å². The lowest BCUT2D eigenvalue weighted by Gasteiger charge is -2.12. The van der Waals surface area contributed by atoms with Gasteiger partial charge in [0.2, 0.25) is 0 Å². The quantitative estimate of drug-likeness (QED) is 0.828. The van der Waals surface area contributed by atoms with Crippen LogP contribution in [0.25, 0.3) is 11.0 Å². The number of methoxy groups -OCH3 is 1. The Kier molecular flexibility index (Phi) is 3.85. The van der Waals surface area contributed by atoms with E-state index in [9.17, 15) is 18.0 Å². The molecule has 1 aliphatic rings. The standard InChI is InChI=1S/C15H15NO6S/c1-21-10-2-3-11-12(7-14(17)22-13(11)6-10)15(18)16-9-4-5-23(19,20)8-9/h2-3,6-7,9H,4-5,8H2,1H3,(H,16,18). The molecule has 1 saturated heterocycles. The van der Waals surface area contributed by atoms with Crippen LogP contribution in [-0.2, 0) is 9.84 Å². The predicted molar refractivity (Wildman–Crippen MR) is 83.6 cm³/mol. The number of carbonyl (C=O) groups excluding carboxylic acids is 1. The summed E-state index contributed by atoms with van der Waals surface area (Å²) >= 11 is 0. The second-order valence-corrected chi connectivity index (χ2v) is 7.64. The average molecular weight is 337 g/mol.